The minimum Gasteiger partial charge on any atom is -0.508 e. The van der Waals surface area contributed by atoms with Gasteiger partial charge < -0.3 is 15.3 Å². The fourth-order valence-corrected chi connectivity index (χ4v) is 5.52. The SMILES string of the molecule is O=C1[C@H](CC[C@H](O)c2ccc(F)cc2)[C@@H](c2ccc(O)cc2)N(c2ccc(F)cc2)C(=O)N1[C@H](CO)c1ccccc1. The highest BCUT2D eigenvalue weighted by molar-refractivity contribution is 6.08. The van der Waals surface area contributed by atoms with Gasteiger partial charge in [-0.1, -0.05) is 54.6 Å². The molecule has 3 N–H and O–H groups in total. The lowest BCUT2D eigenvalue weighted by atomic mass is 9.82. The predicted octanol–water partition coefficient (Wildman–Crippen LogP) is 6.04. The van der Waals surface area contributed by atoms with Crippen molar-refractivity contribution in [3.05, 3.63) is 131 Å². The highest BCUT2D eigenvalue weighted by Gasteiger charge is 2.50. The molecular weight excluding hydrogens is 542 g/mol. The number of nitrogens with zero attached hydrogens (tertiary/aromatic N) is 2. The van der Waals surface area contributed by atoms with Crippen LogP contribution in [0.1, 0.15) is 47.7 Å². The van der Waals surface area contributed by atoms with Gasteiger partial charge in [-0.3, -0.25) is 14.6 Å². The molecule has 0 spiro atoms. The van der Waals surface area contributed by atoms with Crippen molar-refractivity contribution in [2.24, 2.45) is 5.92 Å². The summed E-state index contributed by atoms with van der Waals surface area (Å²) in [5.74, 6) is -2.42. The van der Waals surface area contributed by atoms with Crippen molar-refractivity contribution >= 4 is 17.6 Å². The molecule has 4 aromatic rings. The Balaban J connectivity index is 1.61. The number of hydrogen-bond acceptors (Lipinski definition) is 5. The Labute approximate surface area is 241 Å². The predicted molar refractivity (Wildman–Crippen MR) is 152 cm³/mol. The molecule has 7 nitrogen and oxygen atoms in total. The van der Waals surface area contributed by atoms with E-state index in [2.05, 4.69) is 0 Å². The van der Waals surface area contributed by atoms with E-state index in [0.29, 0.717) is 22.4 Å². The number of anilines is 1. The minimum atomic E-state index is -1.02. The van der Waals surface area contributed by atoms with Crippen LogP contribution < -0.4 is 4.90 Å². The van der Waals surface area contributed by atoms with Gasteiger partial charge in [0.05, 0.1) is 30.7 Å². The molecule has 1 aliphatic rings. The van der Waals surface area contributed by atoms with Gasteiger partial charge in [-0.2, -0.15) is 0 Å². The quantitative estimate of drug-likeness (QED) is 0.227. The summed E-state index contributed by atoms with van der Waals surface area (Å²) in [6, 6.07) is 22.9. The Kier molecular flexibility index (Phi) is 8.61. The number of aliphatic hydroxyl groups excluding tert-OH is 2. The van der Waals surface area contributed by atoms with Gasteiger partial charge in [-0.25, -0.2) is 13.6 Å². The number of imide groups is 1. The molecule has 5 rings (SSSR count). The van der Waals surface area contributed by atoms with Gasteiger partial charge in [0.2, 0.25) is 5.91 Å². The highest BCUT2D eigenvalue weighted by Crippen LogP contribution is 2.44. The number of halogens is 2. The maximum atomic E-state index is 14.3. The van der Waals surface area contributed by atoms with Crippen LogP contribution in [0.25, 0.3) is 0 Å². The largest absolute Gasteiger partial charge is 0.508 e. The molecule has 42 heavy (non-hydrogen) atoms. The number of benzene rings is 4. The van der Waals surface area contributed by atoms with E-state index in [1.165, 1.54) is 65.6 Å². The molecule has 0 aliphatic carbocycles. The number of carbonyl (C=O) groups excluding carboxylic acids is 2. The first-order chi connectivity index (χ1) is 20.3. The van der Waals surface area contributed by atoms with Gasteiger partial charge in [-0.15, -0.1) is 0 Å². The van der Waals surface area contributed by atoms with Crippen LogP contribution in [0, 0.1) is 17.6 Å². The number of phenols is 1. The molecule has 3 amide bonds. The van der Waals surface area contributed by atoms with E-state index in [-0.39, 0.29) is 18.6 Å². The second kappa shape index (κ2) is 12.5. The summed E-state index contributed by atoms with van der Waals surface area (Å²) < 4.78 is 27.4. The molecule has 4 atom stereocenters. The van der Waals surface area contributed by atoms with Gasteiger partial charge in [0, 0.05) is 5.69 Å². The topological polar surface area (TPSA) is 101 Å². The van der Waals surface area contributed by atoms with E-state index in [4.69, 9.17) is 0 Å². The van der Waals surface area contributed by atoms with Crippen LogP contribution in [-0.2, 0) is 4.79 Å². The standard InChI is InChI=1S/C33H30F2N2O5/c34-24-10-6-22(7-11-24)30(40)19-18-28-31(23-8-16-27(39)17-9-23)36(26-14-12-25(35)13-15-26)33(42)37(32(28)41)29(20-38)21-4-2-1-3-5-21/h1-17,28-31,38-40H,18-20H2/t28-,29-,30+,31-/m1/s1. The van der Waals surface area contributed by atoms with Gasteiger partial charge >= 0.3 is 6.03 Å². The van der Waals surface area contributed by atoms with Crippen molar-refractivity contribution < 1.29 is 33.7 Å². The summed E-state index contributed by atoms with van der Waals surface area (Å²) >= 11 is 0. The molecule has 0 aromatic heterocycles. The molecule has 4 aromatic carbocycles. The second-order valence-corrected chi connectivity index (χ2v) is 10.2. The number of aliphatic hydroxyl groups is 2. The third kappa shape index (κ3) is 5.88. The fraction of sp³-hybridized carbons (Fsp3) is 0.212. The first-order valence-corrected chi connectivity index (χ1v) is 13.6. The number of urea groups is 1. The van der Waals surface area contributed by atoms with Crippen molar-refractivity contribution in [3.8, 4) is 5.75 Å². The molecule has 0 radical (unpaired) electrons. The van der Waals surface area contributed by atoms with Gasteiger partial charge in [0.1, 0.15) is 17.4 Å². The van der Waals surface area contributed by atoms with Crippen LogP contribution in [0.5, 0.6) is 5.75 Å². The van der Waals surface area contributed by atoms with Crippen molar-refractivity contribution in [1.29, 1.82) is 0 Å². The van der Waals surface area contributed by atoms with E-state index in [1.807, 2.05) is 0 Å². The Bertz CT molecular complexity index is 1520. The average molecular weight is 573 g/mol. The van der Waals surface area contributed by atoms with Crippen molar-refractivity contribution in [2.75, 3.05) is 11.5 Å². The maximum absolute atomic E-state index is 14.3. The first kappa shape index (κ1) is 28.9. The first-order valence-electron chi connectivity index (χ1n) is 13.6. The van der Waals surface area contributed by atoms with Crippen LogP contribution in [0.4, 0.5) is 19.3 Å². The average Bonchev–Trinajstić information content (AvgIpc) is 3.00. The Morgan fingerprint density at radius 1 is 0.762 bits per heavy atom. The molecule has 1 saturated heterocycles. The van der Waals surface area contributed by atoms with E-state index in [9.17, 15) is 33.7 Å². The zero-order valence-electron chi connectivity index (χ0n) is 22.6. The Morgan fingerprint density at radius 3 is 1.95 bits per heavy atom. The summed E-state index contributed by atoms with van der Waals surface area (Å²) in [6.07, 6.45) is -0.811. The number of aromatic hydroxyl groups is 1. The lowest BCUT2D eigenvalue weighted by molar-refractivity contribution is -0.138. The number of rotatable bonds is 9. The minimum absolute atomic E-state index is 0.00475. The van der Waals surface area contributed by atoms with Crippen molar-refractivity contribution in [2.45, 2.75) is 31.0 Å². The molecule has 1 fully saturated rings. The summed E-state index contributed by atoms with van der Waals surface area (Å²) in [5.41, 5.74) is 1.89. The summed E-state index contributed by atoms with van der Waals surface area (Å²) in [6.45, 7) is -0.534. The Morgan fingerprint density at radius 2 is 1.36 bits per heavy atom. The highest BCUT2D eigenvalue weighted by atomic mass is 19.1. The molecule has 0 saturated carbocycles. The second-order valence-electron chi connectivity index (χ2n) is 10.2. The van der Waals surface area contributed by atoms with Crippen molar-refractivity contribution in [1.82, 2.24) is 4.90 Å². The van der Waals surface area contributed by atoms with Gasteiger partial charge in [0.25, 0.3) is 0 Å². The van der Waals surface area contributed by atoms with Crippen LogP contribution >= 0.6 is 0 Å². The van der Waals surface area contributed by atoms with E-state index in [0.717, 1.165) is 4.90 Å². The third-order valence-electron chi connectivity index (χ3n) is 7.64. The third-order valence-corrected chi connectivity index (χ3v) is 7.64. The maximum Gasteiger partial charge on any atom is 0.332 e. The molecule has 1 aliphatic heterocycles. The number of phenolic OH excluding ortho intramolecular Hbond substituents is 1. The summed E-state index contributed by atoms with van der Waals surface area (Å²) in [5, 5.41) is 31.3. The molecule has 0 unspecified atom stereocenters. The molecular formula is C33H30F2N2O5. The lowest BCUT2D eigenvalue weighted by Crippen LogP contribution is -2.59. The smallest absolute Gasteiger partial charge is 0.332 e. The summed E-state index contributed by atoms with van der Waals surface area (Å²) in [4.78, 5) is 31.0. The fourth-order valence-electron chi connectivity index (χ4n) is 5.52. The van der Waals surface area contributed by atoms with Crippen LogP contribution in [0.15, 0.2) is 103 Å². The van der Waals surface area contributed by atoms with Gasteiger partial charge in [-0.05, 0) is 78.1 Å². The Hall–Kier alpha value is -4.60. The number of hydrogen-bond donors (Lipinski definition) is 3. The van der Waals surface area contributed by atoms with E-state index in [1.54, 1.807) is 42.5 Å². The molecule has 0 bridgehead atoms. The zero-order chi connectivity index (χ0) is 29.8. The van der Waals surface area contributed by atoms with Crippen LogP contribution in [0.2, 0.25) is 0 Å². The zero-order valence-corrected chi connectivity index (χ0v) is 22.6. The van der Waals surface area contributed by atoms with Crippen molar-refractivity contribution in [3.63, 3.8) is 0 Å². The van der Waals surface area contributed by atoms with Gasteiger partial charge in [0.15, 0.2) is 0 Å². The normalized spacial score (nSPS) is 18.7. The van der Waals surface area contributed by atoms with Crippen LogP contribution in [-0.4, -0.2) is 38.8 Å². The molecule has 9 heteroatoms. The number of amides is 3. The monoisotopic (exact) mass is 572 g/mol. The van der Waals surface area contributed by atoms with Crippen LogP contribution in [0.3, 0.4) is 0 Å². The number of carbonyl (C=O) groups is 2. The van der Waals surface area contributed by atoms with E-state index >= 15 is 0 Å². The molecule has 1 heterocycles. The summed E-state index contributed by atoms with van der Waals surface area (Å²) in [7, 11) is 0. The lowest BCUT2D eigenvalue weighted by Gasteiger charge is -2.47. The van der Waals surface area contributed by atoms with E-state index < -0.39 is 54.3 Å². The molecule has 216 valence electrons.